The molecule has 11 heteroatoms. The Balaban J connectivity index is 2.35. The minimum atomic E-state index is -0.690. The minimum absolute atomic E-state index is 0.205. The number of hydrogen-bond acceptors (Lipinski definition) is 9. The fourth-order valence-electron chi connectivity index (χ4n) is 2.56. The van der Waals surface area contributed by atoms with Crippen LogP contribution in [-0.2, 0) is 11.3 Å². The van der Waals surface area contributed by atoms with Crippen LogP contribution in [0.3, 0.4) is 0 Å². The topological polar surface area (TPSA) is 139 Å². The van der Waals surface area contributed by atoms with Crippen LogP contribution in [0.15, 0.2) is 23.0 Å². The molecule has 0 aliphatic rings. The maximum absolute atomic E-state index is 12.7. The summed E-state index contributed by atoms with van der Waals surface area (Å²) in [6.45, 7) is 3.42. The van der Waals surface area contributed by atoms with E-state index < -0.39 is 5.91 Å². The number of pyridine rings is 1. The molecule has 0 aromatic carbocycles. The van der Waals surface area contributed by atoms with E-state index in [9.17, 15) is 14.9 Å². The van der Waals surface area contributed by atoms with Crippen LogP contribution in [0.5, 0.6) is 0 Å². The van der Waals surface area contributed by atoms with Crippen molar-refractivity contribution in [1.29, 1.82) is 10.5 Å². The molecule has 31 heavy (non-hydrogen) atoms. The molecule has 0 aliphatic heterocycles. The molecule has 2 aromatic heterocycles. The number of amides is 1. The second kappa shape index (κ2) is 11.5. The van der Waals surface area contributed by atoms with E-state index in [2.05, 4.69) is 25.8 Å². The lowest BCUT2D eigenvalue weighted by molar-refractivity contribution is -0.115. The number of hydrogen-bond donors (Lipinski definition) is 3. The average molecular weight is 441 g/mol. The molecule has 2 aromatic rings. The summed E-state index contributed by atoms with van der Waals surface area (Å²) in [4.78, 5) is 31.4. The highest BCUT2D eigenvalue weighted by atomic mass is 32.1. The number of rotatable bonds is 9. The van der Waals surface area contributed by atoms with Gasteiger partial charge in [-0.2, -0.15) is 10.5 Å². The predicted molar refractivity (Wildman–Crippen MR) is 121 cm³/mol. The van der Waals surface area contributed by atoms with E-state index in [1.165, 1.54) is 10.8 Å². The molecule has 0 atom stereocenters. The van der Waals surface area contributed by atoms with E-state index >= 15 is 0 Å². The van der Waals surface area contributed by atoms with E-state index in [0.717, 1.165) is 24.4 Å². The molecule has 0 spiro atoms. The highest BCUT2D eigenvalue weighted by Crippen LogP contribution is 2.08. The standard InChI is InChI=1S/C20H24N8O2S/c1-4-28-19(30)15(31-20(28)14(12-22)18(29)24-9-8-21)13-25-17-7-5-6-16(26-17)23-10-11-27(2)3/h5-7,13H,4,9-11H2,1-3H3,(H,24,29)(H2,23,25,26)/b15-13+,20-14-. The summed E-state index contributed by atoms with van der Waals surface area (Å²) in [7, 11) is 3.98. The van der Waals surface area contributed by atoms with Gasteiger partial charge in [0.05, 0.1) is 6.07 Å². The largest absolute Gasteiger partial charge is 0.369 e. The first kappa shape index (κ1) is 23.6. The predicted octanol–water partition coefficient (Wildman–Crippen LogP) is -0.538. The molecule has 0 radical (unpaired) electrons. The van der Waals surface area contributed by atoms with Gasteiger partial charge in [-0.1, -0.05) is 6.07 Å². The van der Waals surface area contributed by atoms with Crippen molar-refractivity contribution < 1.29 is 4.79 Å². The molecule has 2 heterocycles. The van der Waals surface area contributed by atoms with Crippen molar-refractivity contribution in [2.45, 2.75) is 13.5 Å². The van der Waals surface area contributed by atoms with Crippen LogP contribution < -0.4 is 30.7 Å². The van der Waals surface area contributed by atoms with E-state index in [-0.39, 0.29) is 22.3 Å². The Morgan fingerprint density at radius 1 is 1.32 bits per heavy atom. The van der Waals surface area contributed by atoms with Gasteiger partial charge in [0, 0.05) is 25.8 Å². The zero-order valence-electron chi connectivity index (χ0n) is 17.6. The molecule has 10 nitrogen and oxygen atoms in total. The lowest BCUT2D eigenvalue weighted by atomic mass is 10.3. The van der Waals surface area contributed by atoms with Gasteiger partial charge in [0.1, 0.15) is 33.4 Å². The summed E-state index contributed by atoms with van der Waals surface area (Å²) in [6, 6.07) is 9.08. The molecule has 3 N–H and O–H groups in total. The molecule has 0 saturated heterocycles. The highest BCUT2D eigenvalue weighted by molar-refractivity contribution is 7.07. The smallest absolute Gasteiger partial charge is 0.270 e. The second-order valence-corrected chi connectivity index (χ2v) is 7.61. The Bertz CT molecular complexity index is 1180. The second-order valence-electron chi connectivity index (χ2n) is 6.58. The number of carbonyl (C=O) groups excluding carboxylic acids is 1. The molecule has 0 fully saturated rings. The van der Waals surface area contributed by atoms with Gasteiger partial charge in [-0.3, -0.25) is 14.2 Å². The molecule has 0 saturated carbocycles. The number of anilines is 2. The third kappa shape index (κ3) is 6.40. The van der Waals surface area contributed by atoms with E-state index in [4.69, 9.17) is 5.26 Å². The molecule has 0 bridgehead atoms. The van der Waals surface area contributed by atoms with Crippen molar-refractivity contribution in [3.8, 4) is 12.1 Å². The summed E-state index contributed by atoms with van der Waals surface area (Å²) >= 11 is 1.03. The summed E-state index contributed by atoms with van der Waals surface area (Å²) in [5.41, 5.74) is -0.528. The van der Waals surface area contributed by atoms with Gasteiger partial charge in [0.15, 0.2) is 5.57 Å². The third-order valence-electron chi connectivity index (χ3n) is 4.07. The number of thiazole rings is 1. The molecule has 162 valence electrons. The number of aromatic nitrogens is 2. The van der Waals surface area contributed by atoms with Crippen molar-refractivity contribution >= 4 is 40.7 Å². The monoisotopic (exact) mass is 440 g/mol. The van der Waals surface area contributed by atoms with Crippen LogP contribution in [0.25, 0.3) is 11.8 Å². The number of nitriles is 2. The van der Waals surface area contributed by atoms with Gasteiger partial charge in [0.25, 0.3) is 11.5 Å². The van der Waals surface area contributed by atoms with Crippen LogP contribution in [-0.4, -0.2) is 54.1 Å². The average Bonchev–Trinajstić information content (AvgIpc) is 3.06. The van der Waals surface area contributed by atoms with Crippen molar-refractivity contribution in [3.05, 3.63) is 37.7 Å². The third-order valence-corrected chi connectivity index (χ3v) is 5.20. The van der Waals surface area contributed by atoms with Gasteiger partial charge < -0.3 is 20.9 Å². The molecule has 2 rings (SSSR count). The lowest BCUT2D eigenvalue weighted by Gasteiger charge is -2.11. The maximum Gasteiger partial charge on any atom is 0.270 e. The first-order valence-corrected chi connectivity index (χ1v) is 10.3. The van der Waals surface area contributed by atoms with E-state index in [1.54, 1.807) is 19.1 Å². The lowest BCUT2D eigenvalue weighted by Crippen LogP contribution is -2.34. The first-order chi connectivity index (χ1) is 14.9. The Morgan fingerprint density at radius 3 is 2.71 bits per heavy atom. The van der Waals surface area contributed by atoms with Crippen molar-refractivity contribution in [2.24, 2.45) is 0 Å². The zero-order valence-corrected chi connectivity index (χ0v) is 18.4. The molecule has 0 unspecified atom stereocenters. The number of carbonyl (C=O) groups is 1. The number of nitrogens with zero attached hydrogens (tertiary/aromatic N) is 5. The van der Waals surface area contributed by atoms with Gasteiger partial charge in [-0.05, 0) is 33.2 Å². The quantitative estimate of drug-likeness (QED) is 0.442. The Kier molecular flexibility index (Phi) is 8.76. The highest BCUT2D eigenvalue weighted by Gasteiger charge is 2.14. The Labute approximate surface area is 183 Å². The normalized spacial score (nSPS) is 12.1. The SMILES string of the molecule is CCn1c(=O)/c(=C\Nc2cccc(NCCN(C)C)n2)s/c1=C(/C#N)C(=O)NCC#N. The first-order valence-electron chi connectivity index (χ1n) is 9.52. The molecular formula is C20H24N8O2S. The fraction of sp³-hybridized carbons (Fsp3) is 0.350. The van der Waals surface area contributed by atoms with E-state index in [0.29, 0.717) is 22.7 Å². The van der Waals surface area contributed by atoms with Crippen molar-refractivity contribution in [1.82, 2.24) is 19.8 Å². The maximum atomic E-state index is 12.7. The summed E-state index contributed by atoms with van der Waals surface area (Å²) in [5, 5.41) is 26.6. The van der Waals surface area contributed by atoms with Gasteiger partial charge in [-0.15, -0.1) is 11.3 Å². The minimum Gasteiger partial charge on any atom is -0.369 e. The van der Waals surface area contributed by atoms with Crippen LogP contribution in [0.1, 0.15) is 6.92 Å². The van der Waals surface area contributed by atoms with Crippen molar-refractivity contribution in [3.63, 3.8) is 0 Å². The molecular weight excluding hydrogens is 416 g/mol. The van der Waals surface area contributed by atoms with Gasteiger partial charge in [0.2, 0.25) is 0 Å². The Hall–Kier alpha value is -3.67. The fourth-order valence-corrected chi connectivity index (χ4v) is 3.64. The summed E-state index contributed by atoms with van der Waals surface area (Å²) in [5.74, 6) is 0.557. The molecule has 1 amide bonds. The zero-order chi connectivity index (χ0) is 22.8. The van der Waals surface area contributed by atoms with Gasteiger partial charge in [-0.25, -0.2) is 4.98 Å². The summed E-state index contributed by atoms with van der Waals surface area (Å²) in [6.07, 6.45) is 1.51. The summed E-state index contributed by atoms with van der Waals surface area (Å²) < 4.78 is 1.92. The number of nitrogens with one attached hydrogen (secondary N) is 3. The molecule has 0 aliphatic carbocycles. The van der Waals surface area contributed by atoms with Crippen LogP contribution in [0, 0.1) is 22.7 Å². The Morgan fingerprint density at radius 2 is 2.06 bits per heavy atom. The van der Waals surface area contributed by atoms with Crippen molar-refractivity contribution in [2.75, 3.05) is 44.4 Å². The van der Waals surface area contributed by atoms with Crippen LogP contribution in [0.2, 0.25) is 0 Å². The number of likely N-dealkylation sites (N-methyl/N-ethyl adjacent to an activating group) is 1. The van der Waals surface area contributed by atoms with E-state index in [1.807, 2.05) is 32.3 Å². The van der Waals surface area contributed by atoms with Crippen LogP contribution in [0.4, 0.5) is 11.6 Å². The van der Waals surface area contributed by atoms with Gasteiger partial charge >= 0.3 is 0 Å². The van der Waals surface area contributed by atoms with Crippen LogP contribution >= 0.6 is 11.3 Å².